The molecule has 0 saturated heterocycles. The van der Waals surface area contributed by atoms with E-state index in [4.69, 9.17) is 0 Å². The van der Waals surface area contributed by atoms with Gasteiger partial charge in [-0.05, 0) is 46.5 Å². The zero-order valence-corrected chi connectivity index (χ0v) is 15.6. The number of aromatic nitrogens is 1. The van der Waals surface area contributed by atoms with E-state index in [0.717, 1.165) is 22.3 Å². The van der Waals surface area contributed by atoms with Crippen molar-refractivity contribution in [3.05, 3.63) is 70.3 Å². The summed E-state index contributed by atoms with van der Waals surface area (Å²) in [6, 6.07) is 18.7. The van der Waals surface area contributed by atoms with Crippen molar-refractivity contribution in [3.8, 4) is 11.8 Å². The molecule has 0 saturated carbocycles. The van der Waals surface area contributed by atoms with Gasteiger partial charge in [-0.3, -0.25) is 0 Å². The number of nitrogens with zero attached hydrogens (tertiary/aromatic N) is 1. The van der Waals surface area contributed by atoms with Gasteiger partial charge >= 0.3 is 0 Å². The average Bonchev–Trinajstić information content (AvgIpc) is 2.90. The lowest BCUT2D eigenvalue weighted by Gasteiger charge is -2.07. The zero-order chi connectivity index (χ0) is 16.8. The van der Waals surface area contributed by atoms with Crippen molar-refractivity contribution in [1.82, 2.24) is 4.57 Å². The second kappa shape index (κ2) is 8.22. The number of unbranched alkanes of at least 4 members (excludes halogenated alkanes) is 3. The highest BCUT2D eigenvalue weighted by molar-refractivity contribution is 9.10. The Morgan fingerprint density at radius 3 is 2.42 bits per heavy atom. The average molecular weight is 380 g/mol. The fourth-order valence-corrected chi connectivity index (χ4v) is 3.61. The van der Waals surface area contributed by atoms with Crippen LogP contribution in [0.25, 0.3) is 10.9 Å². The first kappa shape index (κ1) is 16.9. The summed E-state index contributed by atoms with van der Waals surface area (Å²) in [7, 11) is 0. The number of hydrogen-bond acceptors (Lipinski definition) is 0. The molecule has 0 unspecified atom stereocenters. The maximum Gasteiger partial charge on any atom is 0.108 e. The van der Waals surface area contributed by atoms with Crippen LogP contribution in [0.5, 0.6) is 0 Å². The number of hydrogen-bond donors (Lipinski definition) is 0. The van der Waals surface area contributed by atoms with Gasteiger partial charge in [0.2, 0.25) is 0 Å². The molecule has 0 aliphatic carbocycles. The predicted molar refractivity (Wildman–Crippen MR) is 106 cm³/mol. The Morgan fingerprint density at radius 2 is 1.62 bits per heavy atom. The van der Waals surface area contributed by atoms with Crippen molar-refractivity contribution in [1.29, 1.82) is 0 Å². The summed E-state index contributed by atoms with van der Waals surface area (Å²) in [4.78, 5) is 0. The van der Waals surface area contributed by atoms with Crippen molar-refractivity contribution in [2.45, 2.75) is 39.2 Å². The van der Waals surface area contributed by atoms with Gasteiger partial charge in [-0.25, -0.2) is 0 Å². The molecule has 0 N–H and O–H groups in total. The largest absolute Gasteiger partial charge is 0.333 e. The molecule has 1 aromatic heterocycles. The minimum atomic E-state index is 1.02. The van der Waals surface area contributed by atoms with Crippen LogP contribution < -0.4 is 0 Å². The Labute approximate surface area is 152 Å². The van der Waals surface area contributed by atoms with E-state index in [9.17, 15) is 0 Å². The Hall–Kier alpha value is -1.98. The van der Waals surface area contributed by atoms with Crippen LogP contribution >= 0.6 is 15.9 Å². The zero-order valence-electron chi connectivity index (χ0n) is 14.1. The van der Waals surface area contributed by atoms with Gasteiger partial charge in [0.15, 0.2) is 0 Å². The van der Waals surface area contributed by atoms with Crippen molar-refractivity contribution in [2.24, 2.45) is 0 Å². The molecule has 3 aromatic rings. The van der Waals surface area contributed by atoms with Crippen LogP contribution in [-0.4, -0.2) is 4.57 Å². The van der Waals surface area contributed by atoms with Gasteiger partial charge in [-0.2, -0.15) is 0 Å². The normalized spacial score (nSPS) is 10.6. The molecular formula is C22H22BrN. The van der Waals surface area contributed by atoms with Crippen molar-refractivity contribution in [2.75, 3.05) is 0 Å². The molecule has 0 atom stereocenters. The third-order valence-electron chi connectivity index (χ3n) is 4.24. The third kappa shape index (κ3) is 3.74. The molecule has 0 spiro atoms. The summed E-state index contributed by atoms with van der Waals surface area (Å²) in [6.45, 7) is 3.27. The topological polar surface area (TPSA) is 4.93 Å². The molecule has 2 aromatic carbocycles. The Balaban J connectivity index is 1.99. The number of rotatable bonds is 5. The molecule has 0 fully saturated rings. The SMILES string of the molecule is CCCCCCn1c(C#Cc2ccccc2)c(Br)c2ccccc21. The second-order valence-electron chi connectivity index (χ2n) is 6.01. The van der Waals surface area contributed by atoms with E-state index in [1.807, 2.05) is 18.2 Å². The van der Waals surface area contributed by atoms with E-state index in [2.05, 4.69) is 75.7 Å². The quantitative estimate of drug-likeness (QED) is 0.357. The van der Waals surface area contributed by atoms with E-state index >= 15 is 0 Å². The summed E-state index contributed by atoms with van der Waals surface area (Å²) in [6.07, 6.45) is 5.02. The molecule has 2 heteroatoms. The Bertz CT molecular complexity index is 865. The Kier molecular flexibility index (Phi) is 5.77. The van der Waals surface area contributed by atoms with Gasteiger partial charge in [0, 0.05) is 17.5 Å². The van der Waals surface area contributed by atoms with E-state index in [1.54, 1.807) is 0 Å². The minimum absolute atomic E-state index is 1.02. The smallest absolute Gasteiger partial charge is 0.108 e. The number of para-hydroxylation sites is 1. The minimum Gasteiger partial charge on any atom is -0.333 e. The lowest BCUT2D eigenvalue weighted by molar-refractivity contribution is 0.590. The van der Waals surface area contributed by atoms with E-state index in [0.29, 0.717) is 0 Å². The van der Waals surface area contributed by atoms with Gasteiger partial charge in [0.25, 0.3) is 0 Å². The first-order valence-electron chi connectivity index (χ1n) is 8.65. The molecule has 1 nitrogen and oxygen atoms in total. The van der Waals surface area contributed by atoms with Crippen molar-refractivity contribution >= 4 is 26.8 Å². The summed E-state index contributed by atoms with van der Waals surface area (Å²) in [5.74, 6) is 6.70. The fourth-order valence-electron chi connectivity index (χ4n) is 2.97. The Morgan fingerprint density at radius 1 is 0.875 bits per heavy atom. The van der Waals surface area contributed by atoms with Crippen LogP contribution in [0, 0.1) is 11.8 Å². The van der Waals surface area contributed by atoms with Gasteiger partial charge in [-0.1, -0.05) is 68.5 Å². The van der Waals surface area contributed by atoms with Crippen LogP contribution in [0.3, 0.4) is 0 Å². The molecule has 122 valence electrons. The standard InChI is InChI=1S/C22H22BrN/c1-2-3-4-10-17-24-20-14-9-8-13-19(20)22(23)21(24)16-15-18-11-6-5-7-12-18/h5-9,11-14H,2-4,10,17H2,1H3. The van der Waals surface area contributed by atoms with Crippen LogP contribution in [0.15, 0.2) is 59.1 Å². The molecular weight excluding hydrogens is 358 g/mol. The first-order chi connectivity index (χ1) is 11.8. The van der Waals surface area contributed by atoms with E-state index in [-0.39, 0.29) is 0 Å². The maximum atomic E-state index is 3.78. The molecule has 24 heavy (non-hydrogen) atoms. The number of aryl methyl sites for hydroxylation is 1. The molecule has 0 amide bonds. The maximum absolute atomic E-state index is 3.78. The van der Waals surface area contributed by atoms with E-state index < -0.39 is 0 Å². The van der Waals surface area contributed by atoms with Gasteiger partial charge in [0.05, 0.1) is 9.99 Å². The van der Waals surface area contributed by atoms with Crippen LogP contribution in [0.2, 0.25) is 0 Å². The third-order valence-corrected chi connectivity index (χ3v) is 5.05. The van der Waals surface area contributed by atoms with Crippen LogP contribution in [0.1, 0.15) is 43.9 Å². The molecule has 0 radical (unpaired) electrons. The highest BCUT2D eigenvalue weighted by atomic mass is 79.9. The lowest BCUT2D eigenvalue weighted by Crippen LogP contribution is -2.01. The number of benzene rings is 2. The van der Waals surface area contributed by atoms with Crippen molar-refractivity contribution < 1.29 is 0 Å². The number of halogens is 1. The fraction of sp³-hybridized carbons (Fsp3) is 0.273. The highest BCUT2D eigenvalue weighted by Gasteiger charge is 2.13. The van der Waals surface area contributed by atoms with E-state index in [1.165, 1.54) is 36.6 Å². The summed E-state index contributed by atoms with van der Waals surface area (Å²) in [5, 5.41) is 1.24. The van der Waals surface area contributed by atoms with Gasteiger partial charge < -0.3 is 4.57 Å². The molecule has 1 heterocycles. The van der Waals surface area contributed by atoms with Crippen LogP contribution in [-0.2, 0) is 6.54 Å². The molecule has 3 rings (SSSR count). The van der Waals surface area contributed by atoms with Gasteiger partial charge in [-0.15, -0.1) is 0 Å². The molecule has 0 aliphatic heterocycles. The summed E-state index contributed by atoms with van der Waals surface area (Å²) < 4.78 is 3.47. The first-order valence-corrected chi connectivity index (χ1v) is 9.44. The predicted octanol–water partition coefficient (Wildman–Crippen LogP) is 6.38. The van der Waals surface area contributed by atoms with Crippen molar-refractivity contribution in [3.63, 3.8) is 0 Å². The number of fused-ring (bicyclic) bond motifs is 1. The second-order valence-corrected chi connectivity index (χ2v) is 6.80. The van der Waals surface area contributed by atoms with Crippen LogP contribution in [0.4, 0.5) is 0 Å². The monoisotopic (exact) mass is 379 g/mol. The summed E-state index contributed by atoms with van der Waals surface area (Å²) >= 11 is 3.78. The van der Waals surface area contributed by atoms with Gasteiger partial charge in [0.1, 0.15) is 5.69 Å². The summed E-state index contributed by atoms with van der Waals surface area (Å²) in [5.41, 5.74) is 3.39. The molecule has 0 aliphatic rings. The lowest BCUT2D eigenvalue weighted by atomic mass is 10.2. The molecule has 0 bridgehead atoms. The highest BCUT2D eigenvalue weighted by Crippen LogP contribution is 2.31.